The molecule has 1 saturated heterocycles. The molecule has 140 valence electrons. The molecule has 27 heavy (non-hydrogen) atoms. The summed E-state index contributed by atoms with van der Waals surface area (Å²) in [5, 5.41) is 4.91. The maximum atomic E-state index is 12.2. The van der Waals surface area contributed by atoms with E-state index in [1.54, 1.807) is 18.2 Å². The van der Waals surface area contributed by atoms with Crippen LogP contribution in [0.2, 0.25) is 5.02 Å². The van der Waals surface area contributed by atoms with Crippen molar-refractivity contribution in [3.05, 3.63) is 64.2 Å². The summed E-state index contributed by atoms with van der Waals surface area (Å²) in [5.74, 6) is -0.502. The van der Waals surface area contributed by atoms with Gasteiger partial charge in [-0.1, -0.05) is 47.6 Å². The highest BCUT2D eigenvalue weighted by Crippen LogP contribution is 2.23. The highest BCUT2D eigenvalue weighted by atomic mass is 35.5. The van der Waals surface area contributed by atoms with Crippen molar-refractivity contribution in [1.29, 1.82) is 0 Å². The third-order valence-electron chi connectivity index (χ3n) is 4.17. The van der Waals surface area contributed by atoms with E-state index in [2.05, 4.69) is 10.6 Å². The van der Waals surface area contributed by atoms with Gasteiger partial charge in [0.15, 0.2) is 0 Å². The van der Waals surface area contributed by atoms with Gasteiger partial charge in [-0.3, -0.25) is 19.7 Å². The monoisotopic (exact) mass is 403 g/mol. The lowest BCUT2D eigenvalue weighted by atomic mass is 10.1. The molecule has 6 nitrogen and oxygen atoms in total. The summed E-state index contributed by atoms with van der Waals surface area (Å²) in [6.45, 7) is 0.458. The third kappa shape index (κ3) is 5.02. The highest BCUT2D eigenvalue weighted by molar-refractivity contribution is 8.15. The molecule has 3 amide bonds. The largest absolute Gasteiger partial charge is 0.398 e. The average Bonchev–Trinajstić information content (AvgIpc) is 2.95. The number of hydrogen-bond donors (Lipinski definition) is 3. The predicted molar refractivity (Wildman–Crippen MR) is 107 cm³/mol. The standard InChI is InChI=1S/C19H18ClN3O3S/c20-13-5-6-15(21)14(10-13)17(24)22-8-7-11-1-3-12(4-2-11)9-16-18(25)23-19(26)27-16/h1-6,10,16H,7-9,21H2,(H,22,24)(H,23,25,26). The van der Waals surface area contributed by atoms with Crippen molar-refractivity contribution in [2.24, 2.45) is 0 Å². The molecule has 0 aliphatic carbocycles. The summed E-state index contributed by atoms with van der Waals surface area (Å²) in [4.78, 5) is 35.0. The molecule has 0 saturated carbocycles. The second kappa shape index (κ2) is 8.45. The number of hydrogen-bond acceptors (Lipinski definition) is 5. The molecule has 0 spiro atoms. The molecule has 1 aliphatic heterocycles. The van der Waals surface area contributed by atoms with Crippen molar-refractivity contribution in [2.45, 2.75) is 18.1 Å². The maximum Gasteiger partial charge on any atom is 0.286 e. The smallest absolute Gasteiger partial charge is 0.286 e. The number of nitrogens with one attached hydrogen (secondary N) is 2. The van der Waals surface area contributed by atoms with Gasteiger partial charge in [0.05, 0.1) is 10.8 Å². The van der Waals surface area contributed by atoms with Crippen LogP contribution >= 0.6 is 23.4 Å². The highest BCUT2D eigenvalue weighted by Gasteiger charge is 2.31. The first kappa shape index (κ1) is 19.3. The second-order valence-corrected chi connectivity index (χ2v) is 7.75. The van der Waals surface area contributed by atoms with Gasteiger partial charge in [-0.05, 0) is 42.2 Å². The van der Waals surface area contributed by atoms with Crippen LogP contribution < -0.4 is 16.4 Å². The van der Waals surface area contributed by atoms with Gasteiger partial charge in [0.1, 0.15) is 0 Å². The zero-order valence-corrected chi connectivity index (χ0v) is 15.9. The molecule has 1 fully saturated rings. The minimum absolute atomic E-state index is 0.239. The van der Waals surface area contributed by atoms with E-state index in [0.29, 0.717) is 35.7 Å². The number of carbonyl (C=O) groups is 3. The van der Waals surface area contributed by atoms with Gasteiger partial charge in [0.2, 0.25) is 5.91 Å². The number of halogens is 1. The number of nitrogen functional groups attached to an aromatic ring is 1. The van der Waals surface area contributed by atoms with Crippen LogP contribution in [0.4, 0.5) is 10.5 Å². The zero-order chi connectivity index (χ0) is 19.4. The Labute approximate surface area is 165 Å². The Hall–Kier alpha value is -2.51. The molecule has 4 N–H and O–H groups in total. The predicted octanol–water partition coefficient (Wildman–Crippen LogP) is 2.79. The van der Waals surface area contributed by atoms with E-state index in [9.17, 15) is 14.4 Å². The Kier molecular flexibility index (Phi) is 6.03. The van der Waals surface area contributed by atoms with Crippen LogP contribution in [0.25, 0.3) is 0 Å². The van der Waals surface area contributed by atoms with Gasteiger partial charge in [0.25, 0.3) is 11.1 Å². The lowest BCUT2D eigenvalue weighted by Gasteiger charge is -2.09. The van der Waals surface area contributed by atoms with Crippen molar-refractivity contribution in [1.82, 2.24) is 10.6 Å². The van der Waals surface area contributed by atoms with Crippen molar-refractivity contribution in [3.8, 4) is 0 Å². The van der Waals surface area contributed by atoms with E-state index in [4.69, 9.17) is 17.3 Å². The minimum atomic E-state index is -0.370. The van der Waals surface area contributed by atoms with E-state index in [0.717, 1.165) is 22.9 Å². The number of amides is 3. The molecule has 1 atom stereocenters. The number of rotatable bonds is 6. The molecule has 1 unspecified atom stereocenters. The summed E-state index contributed by atoms with van der Waals surface area (Å²) in [7, 11) is 0. The third-order valence-corrected chi connectivity index (χ3v) is 5.39. The Morgan fingerprint density at radius 3 is 2.52 bits per heavy atom. The Morgan fingerprint density at radius 1 is 1.15 bits per heavy atom. The minimum Gasteiger partial charge on any atom is -0.398 e. The number of benzene rings is 2. The number of imide groups is 1. The summed E-state index contributed by atoms with van der Waals surface area (Å²) in [6.07, 6.45) is 1.16. The van der Waals surface area contributed by atoms with Crippen molar-refractivity contribution in [3.63, 3.8) is 0 Å². The quantitative estimate of drug-likeness (QED) is 0.644. The summed E-state index contributed by atoms with van der Waals surface area (Å²) in [6, 6.07) is 12.6. The van der Waals surface area contributed by atoms with Crippen molar-refractivity contribution < 1.29 is 14.4 Å². The van der Waals surface area contributed by atoms with Gasteiger partial charge in [-0.2, -0.15) is 0 Å². The van der Waals surface area contributed by atoms with Crippen molar-refractivity contribution >= 4 is 46.1 Å². The lowest BCUT2D eigenvalue weighted by molar-refractivity contribution is -0.118. The number of nitrogens with two attached hydrogens (primary N) is 1. The fourth-order valence-electron chi connectivity index (χ4n) is 2.72. The molecular formula is C19H18ClN3O3S. The van der Waals surface area contributed by atoms with Crippen LogP contribution in [-0.2, 0) is 17.6 Å². The van der Waals surface area contributed by atoms with Crippen LogP contribution in [0.1, 0.15) is 21.5 Å². The Balaban J connectivity index is 1.50. The molecule has 0 radical (unpaired) electrons. The van der Waals surface area contributed by atoms with E-state index in [1.807, 2.05) is 24.3 Å². The molecular weight excluding hydrogens is 386 g/mol. The average molecular weight is 404 g/mol. The normalized spacial score (nSPS) is 16.3. The molecule has 1 heterocycles. The van der Waals surface area contributed by atoms with Gasteiger partial charge in [0, 0.05) is 17.3 Å². The summed E-state index contributed by atoms with van der Waals surface area (Å²) >= 11 is 6.93. The summed E-state index contributed by atoms with van der Waals surface area (Å²) in [5.41, 5.74) is 8.58. The zero-order valence-electron chi connectivity index (χ0n) is 14.3. The van der Waals surface area contributed by atoms with E-state index in [1.165, 1.54) is 0 Å². The van der Waals surface area contributed by atoms with Crippen molar-refractivity contribution in [2.75, 3.05) is 12.3 Å². The topological polar surface area (TPSA) is 101 Å². The molecule has 2 aromatic carbocycles. The second-order valence-electron chi connectivity index (χ2n) is 6.14. The Morgan fingerprint density at radius 2 is 1.85 bits per heavy atom. The molecule has 1 aliphatic rings. The van der Waals surface area contributed by atoms with E-state index in [-0.39, 0.29) is 22.3 Å². The van der Waals surface area contributed by atoms with Crippen LogP contribution in [0.15, 0.2) is 42.5 Å². The SMILES string of the molecule is Nc1ccc(Cl)cc1C(=O)NCCc1ccc(CC2SC(=O)NC2=O)cc1. The fourth-order valence-corrected chi connectivity index (χ4v) is 3.76. The first-order chi connectivity index (χ1) is 12.9. The van der Waals surface area contributed by atoms with E-state index < -0.39 is 0 Å². The van der Waals surface area contributed by atoms with Crippen LogP contribution in [0.5, 0.6) is 0 Å². The molecule has 3 rings (SSSR count). The fraction of sp³-hybridized carbons (Fsp3) is 0.211. The van der Waals surface area contributed by atoms with Crippen LogP contribution in [0.3, 0.4) is 0 Å². The van der Waals surface area contributed by atoms with Gasteiger partial charge < -0.3 is 11.1 Å². The Bertz CT molecular complexity index is 886. The molecule has 0 aromatic heterocycles. The first-order valence-corrected chi connectivity index (χ1v) is 9.60. The van der Waals surface area contributed by atoms with E-state index >= 15 is 0 Å². The number of anilines is 1. The molecule has 2 aromatic rings. The maximum absolute atomic E-state index is 12.2. The van der Waals surface area contributed by atoms with Gasteiger partial charge in [-0.15, -0.1) is 0 Å². The number of thioether (sulfide) groups is 1. The van der Waals surface area contributed by atoms with Gasteiger partial charge in [-0.25, -0.2) is 0 Å². The number of carbonyl (C=O) groups excluding carboxylic acids is 3. The van der Waals surface area contributed by atoms with Crippen LogP contribution in [0, 0.1) is 0 Å². The molecule has 0 bridgehead atoms. The van der Waals surface area contributed by atoms with Gasteiger partial charge >= 0.3 is 0 Å². The van der Waals surface area contributed by atoms with Crippen LogP contribution in [-0.4, -0.2) is 28.8 Å². The lowest BCUT2D eigenvalue weighted by Crippen LogP contribution is -2.26. The first-order valence-electron chi connectivity index (χ1n) is 8.35. The summed E-state index contributed by atoms with van der Waals surface area (Å²) < 4.78 is 0. The molecule has 8 heteroatoms.